The number of aromatic nitrogens is 4. The van der Waals surface area contributed by atoms with Gasteiger partial charge >= 0.3 is 0 Å². The number of aryl methyl sites for hydroxylation is 1. The van der Waals surface area contributed by atoms with Gasteiger partial charge in [0.05, 0.1) is 28.2 Å². The summed E-state index contributed by atoms with van der Waals surface area (Å²) in [4.78, 5) is 9.59. The molecule has 3 rings (SSSR count). The second kappa shape index (κ2) is 5.38. The highest BCUT2D eigenvalue weighted by Gasteiger charge is 2.07. The lowest BCUT2D eigenvalue weighted by molar-refractivity contribution is 0.774. The van der Waals surface area contributed by atoms with Gasteiger partial charge in [-0.25, -0.2) is 0 Å². The van der Waals surface area contributed by atoms with E-state index in [2.05, 4.69) is 32.6 Å². The van der Waals surface area contributed by atoms with Gasteiger partial charge in [-0.1, -0.05) is 6.07 Å². The lowest BCUT2D eigenvalue weighted by Gasteiger charge is -1.97. The lowest BCUT2D eigenvalue weighted by atomic mass is 10.2. The van der Waals surface area contributed by atoms with Crippen molar-refractivity contribution in [1.82, 2.24) is 19.7 Å². The van der Waals surface area contributed by atoms with Crippen LogP contribution in [0.5, 0.6) is 0 Å². The molecule has 0 N–H and O–H groups in total. The van der Waals surface area contributed by atoms with Gasteiger partial charge in [0.1, 0.15) is 0 Å². The van der Waals surface area contributed by atoms with Crippen molar-refractivity contribution >= 4 is 23.0 Å². The third-order valence-electron chi connectivity index (χ3n) is 3.00. The Kier molecular flexibility index (Phi) is 3.43. The Morgan fingerprint density at radius 3 is 2.95 bits per heavy atom. The van der Waals surface area contributed by atoms with Crippen molar-refractivity contribution in [3.63, 3.8) is 0 Å². The molecule has 0 radical (unpaired) electrons. The Morgan fingerprint density at radius 2 is 2.25 bits per heavy atom. The normalized spacial score (nSPS) is 11.8. The molecule has 5 heteroatoms. The molecule has 0 unspecified atom stereocenters. The minimum atomic E-state index is 0.871. The first-order valence-electron chi connectivity index (χ1n) is 6.26. The van der Waals surface area contributed by atoms with Crippen molar-refractivity contribution in [3.8, 4) is 10.6 Å². The third-order valence-corrected chi connectivity index (χ3v) is 3.90. The van der Waals surface area contributed by atoms with Crippen LogP contribution in [0, 0.1) is 0 Å². The van der Waals surface area contributed by atoms with Gasteiger partial charge in [-0.2, -0.15) is 5.10 Å². The monoisotopic (exact) mass is 282 g/mol. The van der Waals surface area contributed by atoms with E-state index in [-0.39, 0.29) is 0 Å². The van der Waals surface area contributed by atoms with Crippen molar-refractivity contribution in [2.45, 2.75) is 6.92 Å². The summed E-state index contributed by atoms with van der Waals surface area (Å²) in [7, 11) is 1.96. The van der Waals surface area contributed by atoms with E-state index >= 15 is 0 Å². The number of allylic oxidation sites excluding steroid dienone is 1. The molecule has 20 heavy (non-hydrogen) atoms. The second-order valence-corrected chi connectivity index (χ2v) is 5.42. The largest absolute Gasteiger partial charge is 0.267 e. The first kappa shape index (κ1) is 12.7. The highest BCUT2D eigenvalue weighted by Crippen LogP contribution is 2.26. The van der Waals surface area contributed by atoms with Crippen molar-refractivity contribution in [3.05, 3.63) is 53.6 Å². The van der Waals surface area contributed by atoms with Gasteiger partial charge in [0, 0.05) is 19.4 Å². The number of rotatable bonds is 3. The van der Waals surface area contributed by atoms with Crippen LogP contribution in [0.15, 0.2) is 42.2 Å². The highest BCUT2D eigenvalue weighted by molar-refractivity contribution is 7.13. The molecule has 4 nitrogen and oxygen atoms in total. The summed E-state index contributed by atoms with van der Waals surface area (Å²) in [6.07, 6.45) is 7.16. The highest BCUT2D eigenvalue weighted by atomic mass is 32.1. The molecule has 3 heterocycles. The molecule has 3 aromatic rings. The molecule has 0 bridgehead atoms. The topological polar surface area (TPSA) is 43.6 Å². The van der Waals surface area contributed by atoms with Gasteiger partial charge in [0.2, 0.25) is 0 Å². The van der Waals surface area contributed by atoms with Crippen LogP contribution < -0.4 is 0 Å². The maximum Gasteiger partial charge on any atom is 0.0861 e. The van der Waals surface area contributed by atoms with Gasteiger partial charge in [-0.3, -0.25) is 14.6 Å². The minimum absolute atomic E-state index is 0.871. The molecular weight excluding hydrogens is 268 g/mol. The zero-order valence-electron chi connectivity index (χ0n) is 11.3. The van der Waals surface area contributed by atoms with Gasteiger partial charge in [0.25, 0.3) is 0 Å². The number of hydrogen-bond acceptors (Lipinski definition) is 4. The maximum absolute atomic E-state index is 4.53. The van der Waals surface area contributed by atoms with Gasteiger partial charge in [0.15, 0.2) is 0 Å². The molecule has 0 atom stereocenters. The predicted molar refractivity (Wildman–Crippen MR) is 82.1 cm³/mol. The number of hydrogen-bond donors (Lipinski definition) is 0. The quantitative estimate of drug-likeness (QED) is 0.738. The van der Waals surface area contributed by atoms with Crippen molar-refractivity contribution in [1.29, 1.82) is 0 Å². The smallest absolute Gasteiger partial charge is 0.0861 e. The Bertz CT molecular complexity index is 727. The Morgan fingerprint density at radius 1 is 1.35 bits per heavy atom. The van der Waals surface area contributed by atoms with Crippen LogP contribution in [0.3, 0.4) is 0 Å². The standard InChI is InChI=1S/C15H14N4S/c1-11(13-10-16-5-6-17-13)8-12-9-14(19(2)18-12)15-4-3-7-20-15/h3-10H,1-2H3/b11-8-. The number of nitrogens with zero attached hydrogens (tertiary/aromatic N) is 4. The Balaban J connectivity index is 1.94. The Labute approximate surface area is 121 Å². The first-order valence-corrected chi connectivity index (χ1v) is 7.14. The van der Waals surface area contributed by atoms with Gasteiger partial charge in [-0.15, -0.1) is 11.3 Å². The van der Waals surface area contributed by atoms with E-state index < -0.39 is 0 Å². The molecule has 0 saturated carbocycles. The summed E-state index contributed by atoms with van der Waals surface area (Å²) in [5, 5.41) is 6.60. The predicted octanol–water partition coefficient (Wildman–Crippen LogP) is 3.50. The van der Waals surface area contributed by atoms with E-state index in [1.807, 2.05) is 30.8 Å². The van der Waals surface area contributed by atoms with E-state index in [0.29, 0.717) is 0 Å². The average molecular weight is 282 g/mol. The van der Waals surface area contributed by atoms with E-state index in [1.165, 1.54) is 4.88 Å². The molecule has 0 aliphatic rings. The number of thiophene rings is 1. The summed E-state index contributed by atoms with van der Waals surface area (Å²) in [6.45, 7) is 2.02. The van der Waals surface area contributed by atoms with Crippen LogP contribution >= 0.6 is 11.3 Å². The summed E-state index contributed by atoms with van der Waals surface area (Å²) in [5.41, 5.74) is 3.97. The van der Waals surface area contributed by atoms with Crippen LogP contribution in [0.25, 0.3) is 22.2 Å². The summed E-state index contributed by atoms with van der Waals surface area (Å²) < 4.78 is 1.90. The first-order chi connectivity index (χ1) is 9.74. The van der Waals surface area contributed by atoms with E-state index in [0.717, 1.165) is 22.7 Å². The molecule has 0 amide bonds. The summed E-state index contributed by atoms with van der Waals surface area (Å²) in [6, 6.07) is 6.24. The maximum atomic E-state index is 4.53. The van der Waals surface area contributed by atoms with E-state index in [1.54, 1.807) is 29.9 Å². The van der Waals surface area contributed by atoms with E-state index in [4.69, 9.17) is 0 Å². The molecule has 0 aliphatic heterocycles. The third kappa shape index (κ3) is 2.53. The summed E-state index contributed by atoms with van der Waals surface area (Å²) in [5.74, 6) is 0. The average Bonchev–Trinajstić information content (AvgIpc) is 3.09. The molecule has 0 aromatic carbocycles. The fourth-order valence-electron chi connectivity index (χ4n) is 2.01. The molecule has 0 aliphatic carbocycles. The zero-order chi connectivity index (χ0) is 13.9. The Hall–Kier alpha value is -2.27. The van der Waals surface area contributed by atoms with Gasteiger partial charge < -0.3 is 0 Å². The minimum Gasteiger partial charge on any atom is -0.267 e. The molecule has 100 valence electrons. The fraction of sp³-hybridized carbons (Fsp3) is 0.133. The van der Waals surface area contributed by atoms with Crippen LogP contribution in [0.1, 0.15) is 18.3 Å². The fourth-order valence-corrected chi connectivity index (χ4v) is 2.79. The second-order valence-electron chi connectivity index (χ2n) is 4.47. The van der Waals surface area contributed by atoms with Crippen LogP contribution in [0.2, 0.25) is 0 Å². The SMILES string of the molecule is C/C(=C/c1cc(-c2cccs2)n(C)n1)c1cnccn1. The van der Waals surface area contributed by atoms with E-state index in [9.17, 15) is 0 Å². The van der Waals surface area contributed by atoms with Gasteiger partial charge in [-0.05, 0) is 36.1 Å². The van der Waals surface area contributed by atoms with Crippen molar-refractivity contribution in [2.75, 3.05) is 0 Å². The van der Waals surface area contributed by atoms with Crippen LogP contribution in [0.4, 0.5) is 0 Å². The molecular formula is C15H14N4S. The zero-order valence-corrected chi connectivity index (χ0v) is 12.1. The van der Waals surface area contributed by atoms with Crippen molar-refractivity contribution in [2.24, 2.45) is 7.05 Å². The van der Waals surface area contributed by atoms with Crippen LogP contribution in [-0.4, -0.2) is 19.7 Å². The summed E-state index contributed by atoms with van der Waals surface area (Å²) >= 11 is 1.71. The molecule has 3 aromatic heterocycles. The van der Waals surface area contributed by atoms with Crippen molar-refractivity contribution < 1.29 is 0 Å². The molecule has 0 spiro atoms. The van der Waals surface area contributed by atoms with Crippen LogP contribution in [-0.2, 0) is 7.05 Å². The molecule has 0 saturated heterocycles. The molecule has 0 fully saturated rings. The lowest BCUT2D eigenvalue weighted by Crippen LogP contribution is -1.92.